The molecular weight excluding hydrogens is 386 g/mol. The van der Waals surface area contributed by atoms with E-state index in [0.29, 0.717) is 19.3 Å². The minimum Gasteiger partial charge on any atom is -0.393 e. The van der Waals surface area contributed by atoms with E-state index in [1.807, 2.05) is 48.5 Å². The van der Waals surface area contributed by atoms with Gasteiger partial charge in [-0.1, -0.05) is 36.4 Å². The Hall–Kier alpha value is -2.29. The highest BCUT2D eigenvalue weighted by atomic mass is 16.5. The van der Waals surface area contributed by atoms with Gasteiger partial charge in [0.2, 0.25) is 5.91 Å². The van der Waals surface area contributed by atoms with Crippen LogP contribution in [0.1, 0.15) is 42.0 Å². The number of aliphatic hydroxyl groups excluding tert-OH is 3. The number of carbonyl (C=O) groups is 1. The van der Waals surface area contributed by atoms with Crippen molar-refractivity contribution in [2.24, 2.45) is 0 Å². The van der Waals surface area contributed by atoms with E-state index in [0.717, 1.165) is 22.4 Å². The highest BCUT2D eigenvalue weighted by molar-refractivity contribution is 6.01. The average molecular weight is 415 g/mol. The van der Waals surface area contributed by atoms with Gasteiger partial charge in [0.05, 0.1) is 25.7 Å². The number of hydrogen-bond acceptors (Lipinski definition) is 6. The SMILES string of the molecule is O=C1CC(c2ccc(CCC(O)(CO)CO)cc2)N1c1ccc(CCC(O)O)cc1. The van der Waals surface area contributed by atoms with Crippen LogP contribution >= 0.6 is 0 Å². The second kappa shape index (κ2) is 9.68. The van der Waals surface area contributed by atoms with Crippen LogP contribution in [-0.2, 0) is 17.6 Å². The van der Waals surface area contributed by atoms with E-state index in [-0.39, 0.29) is 24.8 Å². The lowest BCUT2D eigenvalue weighted by Crippen LogP contribution is -2.46. The van der Waals surface area contributed by atoms with E-state index in [1.165, 1.54) is 0 Å². The van der Waals surface area contributed by atoms with Crippen molar-refractivity contribution in [3.05, 3.63) is 65.2 Å². The maximum Gasteiger partial charge on any atom is 0.230 e. The summed E-state index contributed by atoms with van der Waals surface area (Å²) in [6.45, 7) is -0.972. The molecule has 1 aliphatic rings. The summed E-state index contributed by atoms with van der Waals surface area (Å²) in [4.78, 5) is 14.0. The summed E-state index contributed by atoms with van der Waals surface area (Å²) < 4.78 is 0. The zero-order valence-corrected chi connectivity index (χ0v) is 16.8. The number of aryl methyl sites for hydroxylation is 2. The molecule has 1 fully saturated rings. The molecule has 1 saturated heterocycles. The van der Waals surface area contributed by atoms with Gasteiger partial charge in [0, 0.05) is 12.1 Å². The molecule has 1 atom stereocenters. The second-order valence-corrected chi connectivity index (χ2v) is 7.95. The Morgan fingerprint density at radius 1 is 0.933 bits per heavy atom. The first-order valence-electron chi connectivity index (χ1n) is 10.2. The van der Waals surface area contributed by atoms with Crippen LogP contribution in [0.3, 0.4) is 0 Å². The lowest BCUT2D eigenvalue weighted by atomic mass is 9.91. The highest BCUT2D eigenvalue weighted by Gasteiger charge is 2.38. The first-order chi connectivity index (χ1) is 14.3. The fraction of sp³-hybridized carbons (Fsp3) is 0.435. The van der Waals surface area contributed by atoms with Crippen molar-refractivity contribution >= 4 is 11.6 Å². The lowest BCUT2D eigenvalue weighted by molar-refractivity contribution is -0.124. The van der Waals surface area contributed by atoms with Crippen molar-refractivity contribution < 1.29 is 30.3 Å². The summed E-state index contributed by atoms with van der Waals surface area (Å²) in [6.07, 6.45) is 0.716. The van der Waals surface area contributed by atoms with Crippen LogP contribution in [0.15, 0.2) is 48.5 Å². The number of β-lactam (4-membered cyclic amide) rings is 1. The van der Waals surface area contributed by atoms with E-state index >= 15 is 0 Å². The topological polar surface area (TPSA) is 121 Å². The molecule has 30 heavy (non-hydrogen) atoms. The van der Waals surface area contributed by atoms with Crippen molar-refractivity contribution in [2.45, 2.75) is 50.0 Å². The van der Waals surface area contributed by atoms with Gasteiger partial charge in [-0.05, 0) is 48.1 Å². The third-order valence-electron chi connectivity index (χ3n) is 5.69. The largest absolute Gasteiger partial charge is 0.393 e. The summed E-state index contributed by atoms with van der Waals surface area (Å²) in [5, 5.41) is 46.3. The Morgan fingerprint density at radius 2 is 1.50 bits per heavy atom. The molecule has 7 heteroatoms. The number of amides is 1. The van der Waals surface area contributed by atoms with Crippen LogP contribution in [0.5, 0.6) is 0 Å². The number of hydrogen-bond donors (Lipinski definition) is 5. The van der Waals surface area contributed by atoms with Crippen molar-refractivity contribution in [3.63, 3.8) is 0 Å². The van der Waals surface area contributed by atoms with E-state index < -0.39 is 25.1 Å². The summed E-state index contributed by atoms with van der Waals surface area (Å²) in [7, 11) is 0. The minimum atomic E-state index is -1.47. The van der Waals surface area contributed by atoms with Gasteiger partial charge in [-0.25, -0.2) is 0 Å². The molecule has 0 saturated carbocycles. The summed E-state index contributed by atoms with van der Waals surface area (Å²) in [5.41, 5.74) is 2.31. The molecule has 0 aliphatic carbocycles. The van der Waals surface area contributed by atoms with Gasteiger partial charge in [0.15, 0.2) is 6.29 Å². The molecule has 1 amide bonds. The van der Waals surface area contributed by atoms with Crippen LogP contribution in [0.2, 0.25) is 0 Å². The number of benzene rings is 2. The Labute approximate surface area is 175 Å². The Kier molecular flexibility index (Phi) is 7.23. The van der Waals surface area contributed by atoms with E-state index in [1.54, 1.807) is 4.90 Å². The molecule has 1 heterocycles. The zero-order chi connectivity index (χ0) is 21.7. The van der Waals surface area contributed by atoms with Crippen molar-refractivity contribution in [3.8, 4) is 0 Å². The van der Waals surface area contributed by atoms with Crippen molar-refractivity contribution in [1.82, 2.24) is 0 Å². The minimum absolute atomic E-state index is 0.0384. The lowest BCUT2D eigenvalue weighted by Gasteiger charge is -2.41. The maximum absolute atomic E-state index is 12.2. The van der Waals surface area contributed by atoms with Gasteiger partial charge >= 0.3 is 0 Å². The predicted octanol–water partition coefficient (Wildman–Crippen LogP) is 1.06. The standard InChI is InChI=1S/C23H29NO6/c25-14-23(30,15-26)12-11-17-1-6-18(7-2-17)20-13-21(27)24(20)19-8-3-16(4-9-19)5-10-22(28)29/h1-4,6-9,20,22,25-26,28-30H,5,10-15H2. The number of rotatable bonds is 10. The predicted molar refractivity (Wildman–Crippen MR) is 112 cm³/mol. The Morgan fingerprint density at radius 3 is 2.03 bits per heavy atom. The third-order valence-corrected chi connectivity index (χ3v) is 5.69. The van der Waals surface area contributed by atoms with Crippen LogP contribution in [0.4, 0.5) is 5.69 Å². The fourth-order valence-corrected chi connectivity index (χ4v) is 3.62. The summed E-state index contributed by atoms with van der Waals surface area (Å²) >= 11 is 0. The van der Waals surface area contributed by atoms with Gasteiger partial charge in [0.25, 0.3) is 0 Å². The average Bonchev–Trinajstić information content (AvgIpc) is 2.75. The number of anilines is 1. The summed E-state index contributed by atoms with van der Waals surface area (Å²) in [6, 6.07) is 15.3. The van der Waals surface area contributed by atoms with Gasteiger partial charge in [0.1, 0.15) is 5.60 Å². The fourth-order valence-electron chi connectivity index (χ4n) is 3.62. The molecule has 2 aromatic rings. The molecule has 7 nitrogen and oxygen atoms in total. The van der Waals surface area contributed by atoms with E-state index in [9.17, 15) is 20.1 Å². The van der Waals surface area contributed by atoms with Crippen LogP contribution in [0.25, 0.3) is 0 Å². The molecule has 162 valence electrons. The highest BCUT2D eigenvalue weighted by Crippen LogP contribution is 2.39. The molecule has 5 N–H and O–H groups in total. The smallest absolute Gasteiger partial charge is 0.230 e. The van der Waals surface area contributed by atoms with Crippen molar-refractivity contribution in [2.75, 3.05) is 18.1 Å². The normalized spacial score (nSPS) is 16.8. The van der Waals surface area contributed by atoms with Crippen LogP contribution < -0.4 is 4.90 Å². The Bertz CT molecular complexity index is 830. The molecule has 0 spiro atoms. The Balaban J connectivity index is 1.64. The first kappa shape index (κ1) is 22.4. The van der Waals surface area contributed by atoms with Gasteiger partial charge in [-0.3, -0.25) is 4.79 Å². The molecule has 3 rings (SSSR count). The number of carbonyl (C=O) groups excluding carboxylic acids is 1. The number of aliphatic hydroxyl groups is 5. The second-order valence-electron chi connectivity index (χ2n) is 7.95. The quantitative estimate of drug-likeness (QED) is 0.292. The van der Waals surface area contributed by atoms with E-state index in [2.05, 4.69) is 0 Å². The first-order valence-corrected chi connectivity index (χ1v) is 10.2. The maximum atomic E-state index is 12.2. The molecule has 0 radical (unpaired) electrons. The van der Waals surface area contributed by atoms with E-state index in [4.69, 9.17) is 10.2 Å². The zero-order valence-electron chi connectivity index (χ0n) is 16.8. The molecule has 0 aromatic heterocycles. The van der Waals surface area contributed by atoms with Gasteiger partial charge in [-0.2, -0.15) is 0 Å². The molecule has 0 bridgehead atoms. The van der Waals surface area contributed by atoms with Gasteiger partial charge in [-0.15, -0.1) is 0 Å². The molecular formula is C23H29NO6. The van der Waals surface area contributed by atoms with Crippen molar-refractivity contribution in [1.29, 1.82) is 0 Å². The summed E-state index contributed by atoms with van der Waals surface area (Å²) in [5.74, 6) is 0.0542. The number of nitrogens with zero attached hydrogens (tertiary/aromatic N) is 1. The molecule has 1 unspecified atom stereocenters. The molecule has 1 aliphatic heterocycles. The van der Waals surface area contributed by atoms with Crippen LogP contribution in [-0.4, -0.2) is 56.5 Å². The van der Waals surface area contributed by atoms with Crippen LogP contribution in [0, 0.1) is 0 Å². The monoisotopic (exact) mass is 415 g/mol. The van der Waals surface area contributed by atoms with Gasteiger partial charge < -0.3 is 30.4 Å². The third kappa shape index (κ3) is 5.24. The molecule has 2 aromatic carbocycles.